The molecule has 3 fully saturated rings. The summed E-state index contributed by atoms with van der Waals surface area (Å²) in [5, 5.41) is 2.81. The summed E-state index contributed by atoms with van der Waals surface area (Å²) in [6.07, 6.45) is 12.4. The zero-order valence-corrected chi connectivity index (χ0v) is 19.8. The molecule has 3 atom stereocenters. The monoisotopic (exact) mass is 412 g/mol. The Hall–Kier alpha value is -1.35. The van der Waals surface area contributed by atoms with Gasteiger partial charge in [0, 0.05) is 6.04 Å². The molecule has 0 spiro atoms. The van der Waals surface area contributed by atoms with Crippen LogP contribution in [0, 0.1) is 22.7 Å². The van der Waals surface area contributed by atoms with Gasteiger partial charge in [-0.25, -0.2) is 0 Å². The number of fused-ring (bicyclic) bond motifs is 2. The minimum Gasteiger partial charge on any atom is -0.356 e. The number of nitrogens with one attached hydrogen (secondary N) is 1. The van der Waals surface area contributed by atoms with Crippen molar-refractivity contribution in [3.05, 3.63) is 35.9 Å². The molecule has 3 heteroatoms. The summed E-state index contributed by atoms with van der Waals surface area (Å²) in [6, 6.07) is 11.6. The number of carbonyl (C=O) groups excluding carboxylic acids is 1. The second-order valence-electron chi connectivity index (χ2n) is 12.0. The van der Waals surface area contributed by atoms with Crippen molar-refractivity contribution in [2.75, 3.05) is 6.54 Å². The Bertz CT molecular complexity index is 677. The van der Waals surface area contributed by atoms with E-state index in [0.29, 0.717) is 28.2 Å². The standard InChI is InChI=1S/C19H28.C8H16N2O/c1-17(2)10-15-11-18(3,13-17)14-19(4,12-15)16-8-6-5-7-9-16;9-5-7-1-3-8(4-2-7)10-6-11/h5-9,15H,10-14H2,1-4H3;6-8H,1-5,9H2,(H,10,11)/t15?,18?,19-;/m0./s1. The SMILES string of the molecule is CC1(C)CC2CC(C)(C1)C[C@@](C)(c1ccccc1)C2.NCC1CCC(NC=O)CC1. The van der Waals surface area contributed by atoms with Gasteiger partial charge in [0.05, 0.1) is 0 Å². The van der Waals surface area contributed by atoms with Crippen LogP contribution < -0.4 is 11.1 Å². The van der Waals surface area contributed by atoms with E-state index in [9.17, 15) is 4.79 Å². The number of rotatable bonds is 4. The Morgan fingerprint density at radius 1 is 0.967 bits per heavy atom. The minimum absolute atomic E-state index is 0.398. The maximum absolute atomic E-state index is 10.1. The van der Waals surface area contributed by atoms with Crippen molar-refractivity contribution in [3.63, 3.8) is 0 Å². The van der Waals surface area contributed by atoms with E-state index in [1.165, 1.54) is 44.9 Å². The Morgan fingerprint density at radius 3 is 2.20 bits per heavy atom. The fraction of sp³-hybridized carbons (Fsp3) is 0.741. The lowest BCUT2D eigenvalue weighted by Crippen LogP contribution is -2.46. The average molecular weight is 413 g/mol. The molecule has 0 heterocycles. The highest BCUT2D eigenvalue weighted by Gasteiger charge is 2.50. The number of hydrogen-bond donors (Lipinski definition) is 2. The molecule has 0 aromatic heterocycles. The van der Waals surface area contributed by atoms with Crippen LogP contribution in [-0.2, 0) is 10.2 Å². The van der Waals surface area contributed by atoms with Gasteiger partial charge in [0.25, 0.3) is 0 Å². The number of hydrogen-bond acceptors (Lipinski definition) is 2. The van der Waals surface area contributed by atoms with E-state index in [1.54, 1.807) is 5.56 Å². The second kappa shape index (κ2) is 9.42. The highest BCUT2D eigenvalue weighted by molar-refractivity contribution is 5.46. The molecular weight excluding hydrogens is 368 g/mol. The van der Waals surface area contributed by atoms with Crippen molar-refractivity contribution in [1.82, 2.24) is 5.32 Å². The van der Waals surface area contributed by atoms with E-state index in [4.69, 9.17) is 5.73 Å². The maximum atomic E-state index is 10.1. The van der Waals surface area contributed by atoms with Crippen LogP contribution in [0.2, 0.25) is 0 Å². The molecule has 2 bridgehead atoms. The van der Waals surface area contributed by atoms with Crippen LogP contribution in [0.4, 0.5) is 0 Å². The molecule has 0 radical (unpaired) electrons. The maximum Gasteiger partial charge on any atom is 0.207 e. The topological polar surface area (TPSA) is 55.1 Å². The fourth-order valence-corrected chi connectivity index (χ4v) is 7.50. The third-order valence-electron chi connectivity index (χ3n) is 8.04. The summed E-state index contributed by atoms with van der Waals surface area (Å²) >= 11 is 0. The Balaban J connectivity index is 0.000000199. The van der Waals surface area contributed by atoms with E-state index < -0.39 is 0 Å². The number of benzene rings is 1. The lowest BCUT2D eigenvalue weighted by Gasteiger charge is -2.56. The Morgan fingerprint density at radius 2 is 1.63 bits per heavy atom. The molecule has 0 aliphatic heterocycles. The van der Waals surface area contributed by atoms with Gasteiger partial charge in [0.1, 0.15) is 0 Å². The highest BCUT2D eigenvalue weighted by Crippen LogP contribution is 2.60. The molecule has 1 aromatic carbocycles. The van der Waals surface area contributed by atoms with E-state index in [2.05, 4.69) is 63.3 Å². The van der Waals surface area contributed by atoms with Gasteiger partial charge < -0.3 is 11.1 Å². The molecule has 0 saturated heterocycles. The van der Waals surface area contributed by atoms with Gasteiger partial charge in [-0.15, -0.1) is 0 Å². The van der Waals surface area contributed by atoms with E-state index in [-0.39, 0.29) is 0 Å². The van der Waals surface area contributed by atoms with Crippen LogP contribution in [0.5, 0.6) is 0 Å². The fourth-order valence-electron chi connectivity index (χ4n) is 7.50. The molecule has 2 unspecified atom stereocenters. The number of amides is 1. The predicted octanol–water partition coefficient (Wildman–Crippen LogP) is 5.82. The number of nitrogens with two attached hydrogens (primary N) is 1. The van der Waals surface area contributed by atoms with Crippen molar-refractivity contribution in [2.24, 2.45) is 28.4 Å². The first kappa shape index (κ1) is 23.3. The van der Waals surface area contributed by atoms with E-state index in [1.807, 2.05) is 0 Å². The van der Waals surface area contributed by atoms with Crippen LogP contribution in [0.25, 0.3) is 0 Å². The van der Waals surface area contributed by atoms with Gasteiger partial charge in [-0.1, -0.05) is 58.0 Å². The van der Waals surface area contributed by atoms with E-state index >= 15 is 0 Å². The average Bonchev–Trinajstić information content (AvgIpc) is 2.67. The number of carbonyl (C=O) groups is 1. The quantitative estimate of drug-likeness (QED) is 0.612. The van der Waals surface area contributed by atoms with Crippen LogP contribution in [-0.4, -0.2) is 19.0 Å². The first-order valence-electron chi connectivity index (χ1n) is 12.1. The second-order valence-corrected chi connectivity index (χ2v) is 12.0. The van der Waals surface area contributed by atoms with Crippen molar-refractivity contribution in [2.45, 2.75) is 96.9 Å². The molecule has 3 aliphatic carbocycles. The van der Waals surface area contributed by atoms with Crippen molar-refractivity contribution >= 4 is 6.41 Å². The summed E-state index contributed by atoms with van der Waals surface area (Å²) in [7, 11) is 0. The summed E-state index contributed by atoms with van der Waals surface area (Å²) in [4.78, 5) is 10.1. The third-order valence-corrected chi connectivity index (χ3v) is 8.04. The molecule has 168 valence electrons. The van der Waals surface area contributed by atoms with Crippen molar-refractivity contribution in [3.8, 4) is 0 Å². The predicted molar refractivity (Wildman–Crippen MR) is 126 cm³/mol. The largest absolute Gasteiger partial charge is 0.356 e. The molecule has 4 rings (SSSR count). The van der Waals surface area contributed by atoms with Gasteiger partial charge in [-0.05, 0) is 98.0 Å². The molecule has 1 aromatic rings. The lowest BCUT2D eigenvalue weighted by atomic mass is 9.49. The summed E-state index contributed by atoms with van der Waals surface area (Å²) in [5.74, 6) is 1.62. The van der Waals surface area contributed by atoms with Crippen LogP contribution >= 0.6 is 0 Å². The minimum atomic E-state index is 0.398. The van der Waals surface area contributed by atoms with Gasteiger partial charge in [-0.2, -0.15) is 0 Å². The first-order chi connectivity index (χ1) is 14.2. The molecule has 3 saturated carbocycles. The third kappa shape index (κ3) is 5.87. The lowest BCUT2D eigenvalue weighted by molar-refractivity contribution is -0.110. The van der Waals surface area contributed by atoms with Gasteiger partial charge in [0.2, 0.25) is 6.41 Å². The van der Waals surface area contributed by atoms with Crippen LogP contribution in [0.3, 0.4) is 0 Å². The van der Waals surface area contributed by atoms with Gasteiger partial charge in [0.15, 0.2) is 0 Å². The van der Waals surface area contributed by atoms with Crippen LogP contribution in [0.1, 0.15) is 91.0 Å². The van der Waals surface area contributed by atoms with Crippen molar-refractivity contribution < 1.29 is 4.79 Å². The molecular formula is C27H44N2O. The molecule has 3 nitrogen and oxygen atoms in total. The van der Waals surface area contributed by atoms with Crippen molar-refractivity contribution in [1.29, 1.82) is 0 Å². The summed E-state index contributed by atoms with van der Waals surface area (Å²) in [5.41, 5.74) is 8.59. The molecule has 1 amide bonds. The van der Waals surface area contributed by atoms with Crippen LogP contribution in [0.15, 0.2) is 30.3 Å². The first-order valence-corrected chi connectivity index (χ1v) is 12.1. The summed E-state index contributed by atoms with van der Waals surface area (Å²) < 4.78 is 0. The summed E-state index contributed by atoms with van der Waals surface area (Å²) in [6.45, 7) is 10.8. The van der Waals surface area contributed by atoms with E-state index in [0.717, 1.165) is 31.7 Å². The smallest absolute Gasteiger partial charge is 0.207 e. The van der Waals surface area contributed by atoms with Gasteiger partial charge >= 0.3 is 0 Å². The zero-order valence-electron chi connectivity index (χ0n) is 19.8. The Labute approximate surface area is 184 Å². The zero-order chi connectivity index (χ0) is 21.8. The van der Waals surface area contributed by atoms with Gasteiger partial charge in [-0.3, -0.25) is 4.79 Å². The molecule has 3 N–H and O–H groups in total. The normalized spacial score (nSPS) is 37.4. The molecule has 30 heavy (non-hydrogen) atoms. The Kier molecular flexibility index (Phi) is 7.32. The highest BCUT2D eigenvalue weighted by atomic mass is 16.1. The molecule has 3 aliphatic rings.